The summed E-state index contributed by atoms with van der Waals surface area (Å²) in [7, 11) is 0. The number of likely N-dealkylation sites (tertiary alicyclic amines) is 1. The number of halogens is 1. The molecule has 0 aromatic heterocycles. The van der Waals surface area contributed by atoms with Crippen LogP contribution in [0.15, 0.2) is 0 Å². The van der Waals surface area contributed by atoms with E-state index in [0.29, 0.717) is 18.6 Å². The van der Waals surface area contributed by atoms with Gasteiger partial charge in [-0.15, -0.1) is 0 Å². The molecule has 2 rings (SSSR count). The highest BCUT2D eigenvalue weighted by molar-refractivity contribution is 4.89. The van der Waals surface area contributed by atoms with Crippen molar-refractivity contribution >= 4 is 0 Å². The fraction of sp³-hybridized carbons (Fsp3) is 1.00. The minimum atomic E-state index is -0.575. The summed E-state index contributed by atoms with van der Waals surface area (Å²) in [6.45, 7) is 4.97. The second kappa shape index (κ2) is 3.93. The van der Waals surface area contributed by atoms with Gasteiger partial charge in [-0.1, -0.05) is 0 Å². The largest absolute Gasteiger partial charge is 0.313 e. The summed E-state index contributed by atoms with van der Waals surface area (Å²) in [5.41, 5.74) is 0. The fourth-order valence-electron chi connectivity index (χ4n) is 2.57. The summed E-state index contributed by atoms with van der Waals surface area (Å²) in [4.78, 5) is 2.32. The Labute approximate surface area is 79.5 Å². The summed E-state index contributed by atoms with van der Waals surface area (Å²) >= 11 is 0. The van der Waals surface area contributed by atoms with E-state index >= 15 is 0 Å². The molecule has 0 aromatic rings. The molecule has 0 aliphatic carbocycles. The van der Waals surface area contributed by atoms with Crippen LogP contribution in [-0.2, 0) is 0 Å². The average Bonchev–Trinajstić information content (AvgIpc) is 2.53. The van der Waals surface area contributed by atoms with E-state index in [2.05, 4.69) is 17.1 Å². The van der Waals surface area contributed by atoms with Crippen molar-refractivity contribution in [2.45, 2.75) is 44.4 Å². The van der Waals surface area contributed by atoms with Gasteiger partial charge in [-0.2, -0.15) is 0 Å². The Kier molecular flexibility index (Phi) is 2.84. The van der Waals surface area contributed by atoms with E-state index in [4.69, 9.17) is 0 Å². The van der Waals surface area contributed by atoms with Crippen LogP contribution in [0.4, 0.5) is 4.39 Å². The van der Waals surface area contributed by atoms with Crippen LogP contribution in [0.2, 0.25) is 0 Å². The van der Waals surface area contributed by atoms with Gasteiger partial charge in [0.2, 0.25) is 0 Å². The minimum Gasteiger partial charge on any atom is -0.313 e. The Balaban J connectivity index is 1.91. The van der Waals surface area contributed by atoms with Crippen LogP contribution in [0.25, 0.3) is 0 Å². The molecule has 0 spiro atoms. The van der Waals surface area contributed by atoms with Gasteiger partial charge in [0.25, 0.3) is 0 Å². The van der Waals surface area contributed by atoms with Crippen molar-refractivity contribution in [2.75, 3.05) is 19.6 Å². The summed E-state index contributed by atoms with van der Waals surface area (Å²) in [6, 6.07) is 1.12. The highest BCUT2D eigenvalue weighted by Gasteiger charge is 2.32. The van der Waals surface area contributed by atoms with E-state index in [0.717, 1.165) is 19.5 Å². The first kappa shape index (κ1) is 9.41. The molecule has 3 heteroatoms. The van der Waals surface area contributed by atoms with Gasteiger partial charge in [-0.25, -0.2) is 4.39 Å². The summed E-state index contributed by atoms with van der Waals surface area (Å²) in [5.74, 6) is 0. The van der Waals surface area contributed by atoms with Crippen LogP contribution in [0.5, 0.6) is 0 Å². The van der Waals surface area contributed by atoms with Gasteiger partial charge < -0.3 is 5.32 Å². The Morgan fingerprint density at radius 3 is 2.85 bits per heavy atom. The smallest absolute Gasteiger partial charge is 0.114 e. The molecule has 0 amide bonds. The van der Waals surface area contributed by atoms with Gasteiger partial charge in [-0.05, 0) is 32.7 Å². The van der Waals surface area contributed by atoms with Crippen LogP contribution >= 0.6 is 0 Å². The highest BCUT2D eigenvalue weighted by atomic mass is 19.1. The predicted molar refractivity (Wildman–Crippen MR) is 51.6 cm³/mol. The van der Waals surface area contributed by atoms with E-state index in [1.165, 1.54) is 12.8 Å². The third kappa shape index (κ3) is 2.02. The second-order valence-electron chi connectivity index (χ2n) is 4.33. The molecule has 2 fully saturated rings. The van der Waals surface area contributed by atoms with Gasteiger partial charge >= 0.3 is 0 Å². The van der Waals surface area contributed by atoms with Crippen molar-refractivity contribution in [2.24, 2.45) is 0 Å². The van der Waals surface area contributed by atoms with Gasteiger partial charge in [0.1, 0.15) is 6.17 Å². The Morgan fingerprint density at radius 2 is 2.23 bits per heavy atom. The van der Waals surface area contributed by atoms with E-state index < -0.39 is 6.17 Å². The number of piperidine rings is 1. The molecule has 2 saturated heterocycles. The van der Waals surface area contributed by atoms with Gasteiger partial charge in [-0.3, -0.25) is 4.90 Å². The third-order valence-electron chi connectivity index (χ3n) is 3.35. The number of hydrogen-bond donors (Lipinski definition) is 1. The fourth-order valence-corrected chi connectivity index (χ4v) is 2.57. The lowest BCUT2D eigenvalue weighted by Gasteiger charge is -2.36. The molecule has 3 unspecified atom stereocenters. The normalized spacial score (nSPS) is 42.5. The molecule has 76 valence electrons. The first-order valence-corrected chi connectivity index (χ1v) is 5.39. The molecule has 2 nitrogen and oxygen atoms in total. The molecule has 1 N–H and O–H groups in total. The lowest BCUT2D eigenvalue weighted by Crippen LogP contribution is -2.51. The predicted octanol–water partition coefficient (Wildman–Crippen LogP) is 1.17. The zero-order valence-corrected chi connectivity index (χ0v) is 8.30. The molecule has 0 bridgehead atoms. The molecular formula is C10H19FN2. The molecule has 2 heterocycles. The Morgan fingerprint density at radius 1 is 1.38 bits per heavy atom. The van der Waals surface area contributed by atoms with E-state index in [1.54, 1.807) is 0 Å². The summed E-state index contributed by atoms with van der Waals surface area (Å²) in [6.07, 6.45) is 2.64. The van der Waals surface area contributed by atoms with Crippen molar-refractivity contribution < 1.29 is 4.39 Å². The molecule has 0 saturated carbocycles. The summed E-state index contributed by atoms with van der Waals surface area (Å²) in [5, 5.41) is 3.46. The Bertz CT molecular complexity index is 174. The van der Waals surface area contributed by atoms with Crippen LogP contribution < -0.4 is 5.32 Å². The minimum absolute atomic E-state index is 0.541. The topological polar surface area (TPSA) is 15.3 Å². The number of hydrogen-bond acceptors (Lipinski definition) is 2. The lowest BCUT2D eigenvalue weighted by atomic mass is 9.98. The Hall–Kier alpha value is -0.150. The maximum atomic E-state index is 13.0. The van der Waals surface area contributed by atoms with Crippen molar-refractivity contribution in [3.63, 3.8) is 0 Å². The van der Waals surface area contributed by atoms with E-state index in [9.17, 15) is 4.39 Å². The zero-order valence-electron chi connectivity index (χ0n) is 8.30. The second-order valence-corrected chi connectivity index (χ2v) is 4.33. The number of alkyl halides is 1. The van der Waals surface area contributed by atoms with Crippen LogP contribution in [0, 0.1) is 0 Å². The number of nitrogens with one attached hydrogen (secondary N) is 1. The van der Waals surface area contributed by atoms with Crippen molar-refractivity contribution in [1.82, 2.24) is 10.2 Å². The van der Waals surface area contributed by atoms with Gasteiger partial charge in [0, 0.05) is 25.2 Å². The number of nitrogens with zero attached hydrogens (tertiary/aromatic N) is 1. The van der Waals surface area contributed by atoms with Gasteiger partial charge in [0.15, 0.2) is 0 Å². The molecule has 2 aliphatic heterocycles. The van der Waals surface area contributed by atoms with Crippen molar-refractivity contribution in [3.05, 3.63) is 0 Å². The quantitative estimate of drug-likeness (QED) is 0.661. The standard InChI is InChI=1S/C10H19FN2/c1-8-10(3-2-5-12-8)13-6-4-9(11)7-13/h8-10,12H,2-7H2,1H3. The van der Waals surface area contributed by atoms with E-state index in [1.807, 2.05) is 0 Å². The van der Waals surface area contributed by atoms with Crippen molar-refractivity contribution in [1.29, 1.82) is 0 Å². The molecule has 0 radical (unpaired) electrons. The maximum Gasteiger partial charge on any atom is 0.114 e. The van der Waals surface area contributed by atoms with Crippen LogP contribution in [0.1, 0.15) is 26.2 Å². The van der Waals surface area contributed by atoms with Crippen LogP contribution in [-0.4, -0.2) is 42.8 Å². The SMILES string of the molecule is CC1NCCCC1N1CCC(F)C1. The first-order chi connectivity index (χ1) is 6.27. The third-order valence-corrected chi connectivity index (χ3v) is 3.35. The average molecular weight is 186 g/mol. The maximum absolute atomic E-state index is 13.0. The van der Waals surface area contributed by atoms with E-state index in [-0.39, 0.29) is 0 Å². The van der Waals surface area contributed by atoms with Crippen molar-refractivity contribution in [3.8, 4) is 0 Å². The zero-order chi connectivity index (χ0) is 9.26. The van der Waals surface area contributed by atoms with Crippen LogP contribution in [0.3, 0.4) is 0 Å². The highest BCUT2D eigenvalue weighted by Crippen LogP contribution is 2.22. The lowest BCUT2D eigenvalue weighted by molar-refractivity contribution is 0.153. The first-order valence-electron chi connectivity index (χ1n) is 5.39. The molecule has 0 aromatic carbocycles. The monoisotopic (exact) mass is 186 g/mol. The summed E-state index contributed by atoms with van der Waals surface area (Å²) < 4.78 is 13.0. The number of rotatable bonds is 1. The molecular weight excluding hydrogens is 167 g/mol. The van der Waals surface area contributed by atoms with Gasteiger partial charge in [0.05, 0.1) is 0 Å². The molecule has 13 heavy (non-hydrogen) atoms. The molecule has 2 aliphatic rings. The molecule has 3 atom stereocenters.